The summed E-state index contributed by atoms with van der Waals surface area (Å²) in [5.74, 6) is 1.36. The van der Waals surface area contributed by atoms with E-state index >= 15 is 0 Å². The molecule has 0 fully saturated rings. The Morgan fingerprint density at radius 3 is 2.55 bits per heavy atom. The van der Waals surface area contributed by atoms with E-state index in [1.165, 1.54) is 26.0 Å². The molecule has 0 bridgehead atoms. The number of hydrogen-bond donors (Lipinski definition) is 2. The van der Waals surface area contributed by atoms with Crippen molar-refractivity contribution in [3.05, 3.63) is 23.8 Å². The van der Waals surface area contributed by atoms with Crippen LogP contribution in [0.5, 0.6) is 11.5 Å². The lowest BCUT2D eigenvalue weighted by Crippen LogP contribution is -2.42. The Morgan fingerprint density at radius 2 is 2.00 bits per heavy atom. The van der Waals surface area contributed by atoms with E-state index in [9.17, 15) is 9.90 Å². The van der Waals surface area contributed by atoms with E-state index in [4.69, 9.17) is 9.47 Å². The number of ether oxygens (including phenoxy) is 2. The molecule has 0 radical (unpaired) electrons. The molecule has 0 spiro atoms. The highest BCUT2D eigenvalue weighted by molar-refractivity contribution is 7.98. The van der Waals surface area contributed by atoms with Gasteiger partial charge in [-0.15, -0.1) is 0 Å². The molecule has 112 valence electrons. The largest absolute Gasteiger partial charge is 0.493 e. The Kier molecular flexibility index (Phi) is 6.16. The summed E-state index contributed by atoms with van der Waals surface area (Å²) < 4.78 is 10.3. The number of hydrogen-bond acceptors (Lipinski definition) is 5. The summed E-state index contributed by atoms with van der Waals surface area (Å²) in [7, 11) is 3.06. The minimum atomic E-state index is -0.925. The highest BCUT2D eigenvalue weighted by atomic mass is 32.2. The molecule has 0 saturated heterocycles. The second-order valence-corrected chi connectivity index (χ2v) is 5.55. The van der Waals surface area contributed by atoms with E-state index in [0.717, 1.165) is 0 Å². The van der Waals surface area contributed by atoms with Gasteiger partial charge >= 0.3 is 0 Å². The van der Waals surface area contributed by atoms with E-state index < -0.39 is 5.60 Å². The van der Waals surface area contributed by atoms with Crippen LogP contribution in [0.4, 0.5) is 0 Å². The molecule has 5 nitrogen and oxygen atoms in total. The number of aliphatic hydroxyl groups is 1. The standard InChI is InChI=1S/C14H21NO4S/c1-14(17,9-20-4)8-15-13(16)10-5-6-11(18-2)12(7-10)19-3/h5-7,17H,8-9H2,1-4H3,(H,15,16). The van der Waals surface area contributed by atoms with Gasteiger partial charge in [0.05, 0.1) is 19.8 Å². The molecule has 0 aliphatic heterocycles. The Balaban J connectivity index is 2.73. The normalized spacial score (nSPS) is 13.4. The summed E-state index contributed by atoms with van der Waals surface area (Å²) in [6.45, 7) is 1.89. The molecule has 6 heteroatoms. The molecule has 0 aliphatic rings. The fourth-order valence-corrected chi connectivity index (χ4v) is 2.44. The first-order valence-corrected chi connectivity index (χ1v) is 7.54. The van der Waals surface area contributed by atoms with Gasteiger partial charge in [0, 0.05) is 17.9 Å². The highest BCUT2D eigenvalue weighted by Gasteiger charge is 2.21. The zero-order chi connectivity index (χ0) is 15.2. The van der Waals surface area contributed by atoms with Gasteiger partial charge in [-0.25, -0.2) is 0 Å². The zero-order valence-electron chi connectivity index (χ0n) is 12.2. The summed E-state index contributed by atoms with van der Waals surface area (Å²) >= 11 is 1.53. The molecule has 0 aromatic heterocycles. The lowest BCUT2D eigenvalue weighted by atomic mass is 10.1. The number of thioether (sulfide) groups is 1. The monoisotopic (exact) mass is 299 g/mol. The Morgan fingerprint density at radius 1 is 1.35 bits per heavy atom. The molecule has 0 saturated carbocycles. The molecule has 1 aromatic carbocycles. The Labute approximate surface area is 123 Å². The first-order chi connectivity index (χ1) is 9.43. The van der Waals surface area contributed by atoms with Gasteiger partial charge in [-0.2, -0.15) is 11.8 Å². The van der Waals surface area contributed by atoms with Crippen LogP contribution >= 0.6 is 11.8 Å². The van der Waals surface area contributed by atoms with Gasteiger partial charge < -0.3 is 19.9 Å². The third kappa shape index (κ3) is 4.61. The van der Waals surface area contributed by atoms with Crippen molar-refractivity contribution in [3.8, 4) is 11.5 Å². The first-order valence-electron chi connectivity index (χ1n) is 6.15. The van der Waals surface area contributed by atoms with Crippen molar-refractivity contribution in [3.63, 3.8) is 0 Å². The van der Waals surface area contributed by atoms with Crippen LogP contribution in [0, 0.1) is 0 Å². The number of benzene rings is 1. The molecule has 1 rings (SSSR count). The highest BCUT2D eigenvalue weighted by Crippen LogP contribution is 2.27. The number of rotatable bonds is 7. The lowest BCUT2D eigenvalue weighted by Gasteiger charge is -2.22. The molecule has 1 atom stereocenters. The maximum absolute atomic E-state index is 12.0. The number of carbonyl (C=O) groups is 1. The van der Waals surface area contributed by atoms with E-state index in [0.29, 0.717) is 22.8 Å². The van der Waals surface area contributed by atoms with Crippen molar-refractivity contribution in [1.82, 2.24) is 5.32 Å². The molecule has 1 amide bonds. The minimum absolute atomic E-state index is 0.195. The van der Waals surface area contributed by atoms with Gasteiger partial charge in [0.15, 0.2) is 11.5 Å². The van der Waals surface area contributed by atoms with Gasteiger partial charge in [0.2, 0.25) is 0 Å². The van der Waals surface area contributed by atoms with E-state index in [-0.39, 0.29) is 12.5 Å². The van der Waals surface area contributed by atoms with Gasteiger partial charge in [-0.05, 0) is 31.4 Å². The number of methoxy groups -OCH3 is 2. The van der Waals surface area contributed by atoms with Crippen LogP contribution in [-0.2, 0) is 0 Å². The lowest BCUT2D eigenvalue weighted by molar-refractivity contribution is 0.0725. The number of nitrogens with one attached hydrogen (secondary N) is 1. The summed E-state index contributed by atoms with van der Waals surface area (Å²) in [5.41, 5.74) is -0.464. The molecule has 1 aromatic rings. The predicted octanol–water partition coefficient (Wildman–Crippen LogP) is 1.55. The fourth-order valence-electron chi connectivity index (χ4n) is 1.71. The van der Waals surface area contributed by atoms with Crippen molar-refractivity contribution < 1.29 is 19.4 Å². The van der Waals surface area contributed by atoms with Crippen LogP contribution < -0.4 is 14.8 Å². The molecule has 0 aliphatic carbocycles. The Hall–Kier alpha value is -1.40. The van der Waals surface area contributed by atoms with E-state index in [2.05, 4.69) is 5.32 Å². The van der Waals surface area contributed by atoms with E-state index in [1.54, 1.807) is 25.1 Å². The van der Waals surface area contributed by atoms with Crippen molar-refractivity contribution in [2.24, 2.45) is 0 Å². The summed E-state index contributed by atoms with van der Waals surface area (Å²) in [4.78, 5) is 12.0. The fraction of sp³-hybridized carbons (Fsp3) is 0.500. The first kappa shape index (κ1) is 16.7. The van der Waals surface area contributed by atoms with Crippen LogP contribution in [0.1, 0.15) is 17.3 Å². The average molecular weight is 299 g/mol. The second-order valence-electron chi connectivity index (χ2n) is 4.68. The summed E-state index contributed by atoms with van der Waals surface area (Å²) in [6, 6.07) is 4.94. The van der Waals surface area contributed by atoms with E-state index in [1.807, 2.05) is 6.26 Å². The smallest absolute Gasteiger partial charge is 0.251 e. The topological polar surface area (TPSA) is 67.8 Å². The molecule has 1 unspecified atom stereocenters. The molecular formula is C14H21NO4S. The third-order valence-electron chi connectivity index (χ3n) is 2.73. The quantitative estimate of drug-likeness (QED) is 0.799. The van der Waals surface area contributed by atoms with Crippen LogP contribution in [0.15, 0.2) is 18.2 Å². The minimum Gasteiger partial charge on any atom is -0.493 e. The maximum atomic E-state index is 12.0. The average Bonchev–Trinajstić information content (AvgIpc) is 2.44. The van der Waals surface area contributed by atoms with Gasteiger partial charge in [-0.3, -0.25) is 4.79 Å². The molecule has 20 heavy (non-hydrogen) atoms. The zero-order valence-corrected chi connectivity index (χ0v) is 13.0. The van der Waals surface area contributed by atoms with Crippen molar-refractivity contribution in [2.45, 2.75) is 12.5 Å². The number of carbonyl (C=O) groups excluding carboxylic acids is 1. The summed E-state index contributed by atoms with van der Waals surface area (Å²) in [5, 5.41) is 12.7. The van der Waals surface area contributed by atoms with Gasteiger partial charge in [0.1, 0.15) is 0 Å². The molecule has 2 N–H and O–H groups in total. The number of amides is 1. The van der Waals surface area contributed by atoms with Gasteiger partial charge in [0.25, 0.3) is 5.91 Å². The van der Waals surface area contributed by atoms with Crippen LogP contribution in [0.25, 0.3) is 0 Å². The SMILES string of the molecule is COc1ccc(C(=O)NCC(C)(O)CSC)cc1OC. The van der Waals surface area contributed by atoms with Crippen molar-refractivity contribution >= 4 is 17.7 Å². The van der Waals surface area contributed by atoms with Crippen LogP contribution in [0.2, 0.25) is 0 Å². The Bertz CT molecular complexity index is 462. The van der Waals surface area contributed by atoms with Crippen LogP contribution in [-0.4, -0.2) is 49.4 Å². The van der Waals surface area contributed by atoms with Crippen LogP contribution in [0.3, 0.4) is 0 Å². The summed E-state index contributed by atoms with van der Waals surface area (Å²) in [6.07, 6.45) is 1.91. The molecule has 0 heterocycles. The second kappa shape index (κ2) is 7.40. The van der Waals surface area contributed by atoms with Crippen molar-refractivity contribution in [1.29, 1.82) is 0 Å². The predicted molar refractivity (Wildman–Crippen MR) is 80.9 cm³/mol. The third-order valence-corrected chi connectivity index (χ3v) is 3.64. The molecular weight excluding hydrogens is 278 g/mol. The van der Waals surface area contributed by atoms with Crippen molar-refractivity contribution in [2.75, 3.05) is 32.8 Å². The maximum Gasteiger partial charge on any atom is 0.251 e. The van der Waals surface area contributed by atoms with Gasteiger partial charge in [-0.1, -0.05) is 0 Å².